The van der Waals surface area contributed by atoms with E-state index >= 15 is 0 Å². The van der Waals surface area contributed by atoms with Gasteiger partial charge in [0.15, 0.2) is 11.9 Å². The number of carbonyl (C=O) groups is 2. The van der Waals surface area contributed by atoms with Gasteiger partial charge in [0.05, 0.1) is 7.11 Å². The Morgan fingerprint density at radius 2 is 2.33 bits per heavy atom. The number of esters is 1. The van der Waals surface area contributed by atoms with Crippen molar-refractivity contribution in [3.63, 3.8) is 0 Å². The summed E-state index contributed by atoms with van der Waals surface area (Å²) in [6, 6.07) is 0. The molecular weight excluding hydrogens is 160 g/mol. The molecule has 0 aliphatic heterocycles. The van der Waals surface area contributed by atoms with E-state index in [9.17, 15) is 9.59 Å². The van der Waals surface area contributed by atoms with Gasteiger partial charge >= 0.3 is 5.97 Å². The fourth-order valence-electron chi connectivity index (χ4n) is 1.04. The largest absolute Gasteiger partial charge is 0.501 e. The standard InChI is InChI=1S/C8H10O4/c1-5(9)12-8-4-6(11-2)3-7(8)10/h3,8H,4H2,1-2H3/t8-/m0/s1. The van der Waals surface area contributed by atoms with E-state index in [1.54, 1.807) is 0 Å². The summed E-state index contributed by atoms with van der Waals surface area (Å²) >= 11 is 0. The minimum Gasteiger partial charge on any atom is -0.501 e. The zero-order valence-corrected chi connectivity index (χ0v) is 6.99. The molecule has 1 aliphatic rings. The van der Waals surface area contributed by atoms with E-state index < -0.39 is 12.1 Å². The predicted molar refractivity (Wildman–Crippen MR) is 40.3 cm³/mol. The predicted octanol–water partition coefficient (Wildman–Crippen LogP) is 0.421. The topological polar surface area (TPSA) is 52.6 Å². The van der Waals surface area contributed by atoms with E-state index in [-0.39, 0.29) is 5.78 Å². The molecule has 4 nitrogen and oxygen atoms in total. The third-order valence-corrected chi connectivity index (χ3v) is 1.58. The molecule has 0 bridgehead atoms. The highest BCUT2D eigenvalue weighted by Crippen LogP contribution is 2.18. The van der Waals surface area contributed by atoms with Crippen LogP contribution in [0, 0.1) is 0 Å². The van der Waals surface area contributed by atoms with Gasteiger partial charge in [-0.05, 0) is 0 Å². The van der Waals surface area contributed by atoms with E-state index in [4.69, 9.17) is 9.47 Å². The lowest BCUT2D eigenvalue weighted by Gasteiger charge is -2.07. The van der Waals surface area contributed by atoms with Crippen LogP contribution in [-0.4, -0.2) is 25.0 Å². The van der Waals surface area contributed by atoms with Crippen molar-refractivity contribution in [2.75, 3.05) is 7.11 Å². The Morgan fingerprint density at radius 3 is 2.75 bits per heavy atom. The maximum Gasteiger partial charge on any atom is 0.303 e. The van der Waals surface area contributed by atoms with Gasteiger partial charge in [-0.1, -0.05) is 0 Å². The molecule has 0 fully saturated rings. The zero-order valence-electron chi connectivity index (χ0n) is 6.99. The van der Waals surface area contributed by atoms with Crippen molar-refractivity contribution in [2.24, 2.45) is 0 Å². The molecule has 0 radical (unpaired) electrons. The monoisotopic (exact) mass is 170 g/mol. The molecule has 1 rings (SSSR count). The maximum absolute atomic E-state index is 11.0. The van der Waals surface area contributed by atoms with E-state index in [1.807, 2.05) is 0 Å². The third-order valence-electron chi connectivity index (χ3n) is 1.58. The Labute approximate surface area is 70.1 Å². The van der Waals surface area contributed by atoms with Gasteiger partial charge in [0.2, 0.25) is 0 Å². The summed E-state index contributed by atoms with van der Waals surface area (Å²) in [5, 5.41) is 0. The van der Waals surface area contributed by atoms with E-state index in [0.717, 1.165) is 0 Å². The maximum atomic E-state index is 11.0. The van der Waals surface area contributed by atoms with Crippen LogP contribution in [0.4, 0.5) is 0 Å². The van der Waals surface area contributed by atoms with Crippen molar-refractivity contribution < 1.29 is 19.1 Å². The molecule has 0 aromatic rings. The van der Waals surface area contributed by atoms with Crippen LogP contribution in [0.3, 0.4) is 0 Å². The highest BCUT2D eigenvalue weighted by molar-refractivity contribution is 5.97. The number of carbonyl (C=O) groups excluding carboxylic acids is 2. The molecule has 12 heavy (non-hydrogen) atoms. The van der Waals surface area contributed by atoms with Gasteiger partial charge in [-0.15, -0.1) is 0 Å². The molecule has 0 spiro atoms. The molecule has 66 valence electrons. The second-order valence-electron chi connectivity index (χ2n) is 2.52. The van der Waals surface area contributed by atoms with Crippen LogP contribution in [0.25, 0.3) is 0 Å². The number of hydrogen-bond acceptors (Lipinski definition) is 4. The van der Waals surface area contributed by atoms with Gasteiger partial charge < -0.3 is 9.47 Å². The number of rotatable bonds is 2. The summed E-state index contributed by atoms with van der Waals surface area (Å²) in [4.78, 5) is 21.5. The molecule has 1 aliphatic carbocycles. The van der Waals surface area contributed by atoms with Crippen LogP contribution >= 0.6 is 0 Å². The summed E-state index contributed by atoms with van der Waals surface area (Å²) < 4.78 is 9.58. The quantitative estimate of drug-likeness (QED) is 0.563. The first-order chi connectivity index (χ1) is 5.63. The van der Waals surface area contributed by atoms with Crippen molar-refractivity contribution in [2.45, 2.75) is 19.4 Å². The molecule has 0 amide bonds. The molecule has 1 atom stereocenters. The summed E-state index contributed by atoms with van der Waals surface area (Å²) in [6.45, 7) is 1.28. The second-order valence-corrected chi connectivity index (χ2v) is 2.52. The average Bonchev–Trinajstić information content (AvgIpc) is 2.31. The Kier molecular flexibility index (Phi) is 2.47. The Balaban J connectivity index is 2.53. The lowest BCUT2D eigenvalue weighted by Crippen LogP contribution is -2.20. The van der Waals surface area contributed by atoms with Crippen molar-refractivity contribution in [3.8, 4) is 0 Å². The van der Waals surface area contributed by atoms with Gasteiger partial charge in [0, 0.05) is 19.4 Å². The summed E-state index contributed by atoms with van der Waals surface area (Å²) in [7, 11) is 1.48. The minimum atomic E-state index is -0.669. The second kappa shape index (κ2) is 3.38. The van der Waals surface area contributed by atoms with Crippen LogP contribution in [0.2, 0.25) is 0 Å². The normalized spacial score (nSPS) is 22.0. The first-order valence-electron chi connectivity index (χ1n) is 3.59. The van der Waals surface area contributed by atoms with Gasteiger partial charge in [0.25, 0.3) is 0 Å². The highest BCUT2D eigenvalue weighted by Gasteiger charge is 2.28. The van der Waals surface area contributed by atoms with Crippen molar-refractivity contribution in [1.82, 2.24) is 0 Å². The van der Waals surface area contributed by atoms with Gasteiger partial charge in [-0.2, -0.15) is 0 Å². The molecule has 0 unspecified atom stereocenters. The van der Waals surface area contributed by atoms with Crippen LogP contribution in [0.15, 0.2) is 11.8 Å². The zero-order chi connectivity index (χ0) is 9.14. The molecule has 0 saturated heterocycles. The van der Waals surface area contributed by atoms with Crippen LogP contribution in [0.5, 0.6) is 0 Å². The molecule has 0 heterocycles. The van der Waals surface area contributed by atoms with E-state index in [0.29, 0.717) is 12.2 Å². The molecule has 4 heteroatoms. The lowest BCUT2D eigenvalue weighted by molar-refractivity contribution is -0.150. The molecule has 0 aromatic heterocycles. The summed E-state index contributed by atoms with van der Waals surface area (Å²) in [5.74, 6) is -0.0904. The van der Waals surface area contributed by atoms with Crippen LogP contribution in [-0.2, 0) is 19.1 Å². The van der Waals surface area contributed by atoms with Gasteiger partial charge in [-0.25, -0.2) is 0 Å². The average molecular weight is 170 g/mol. The fraction of sp³-hybridized carbons (Fsp3) is 0.500. The van der Waals surface area contributed by atoms with Gasteiger partial charge in [0.1, 0.15) is 5.76 Å². The molecule has 0 N–H and O–H groups in total. The summed E-state index contributed by atoms with van der Waals surface area (Å²) in [5.41, 5.74) is 0. The van der Waals surface area contributed by atoms with E-state index in [2.05, 4.69) is 0 Å². The SMILES string of the molecule is COC1=CC(=O)[C@@H](OC(C)=O)C1. The lowest BCUT2D eigenvalue weighted by atomic mass is 10.3. The Bertz CT molecular complexity index is 241. The van der Waals surface area contributed by atoms with Gasteiger partial charge in [-0.3, -0.25) is 9.59 Å². The van der Waals surface area contributed by atoms with Crippen molar-refractivity contribution >= 4 is 11.8 Å². The number of hydrogen-bond donors (Lipinski definition) is 0. The Hall–Kier alpha value is -1.32. The first kappa shape index (κ1) is 8.77. The minimum absolute atomic E-state index is 0.206. The fourth-order valence-corrected chi connectivity index (χ4v) is 1.04. The Morgan fingerprint density at radius 1 is 1.67 bits per heavy atom. The highest BCUT2D eigenvalue weighted by atomic mass is 16.5. The first-order valence-corrected chi connectivity index (χ1v) is 3.59. The molecule has 0 aromatic carbocycles. The number of ketones is 1. The summed E-state index contributed by atoms with van der Waals surface area (Å²) in [6.07, 6.45) is 1.04. The van der Waals surface area contributed by atoms with Crippen molar-refractivity contribution in [1.29, 1.82) is 0 Å². The molecule has 0 saturated carbocycles. The van der Waals surface area contributed by atoms with Crippen LogP contribution in [0.1, 0.15) is 13.3 Å². The molecular formula is C8H10O4. The number of methoxy groups -OCH3 is 1. The number of ether oxygens (including phenoxy) is 2. The van der Waals surface area contributed by atoms with E-state index in [1.165, 1.54) is 20.1 Å². The van der Waals surface area contributed by atoms with Crippen molar-refractivity contribution in [3.05, 3.63) is 11.8 Å². The third kappa shape index (κ3) is 1.84. The van der Waals surface area contributed by atoms with Crippen LogP contribution < -0.4 is 0 Å². The smallest absolute Gasteiger partial charge is 0.303 e.